The van der Waals surface area contributed by atoms with E-state index in [1.54, 1.807) is 21.9 Å². The number of hydrogen-bond acceptors (Lipinski definition) is 4. The summed E-state index contributed by atoms with van der Waals surface area (Å²) in [6.45, 7) is 6.69. The highest BCUT2D eigenvalue weighted by Crippen LogP contribution is 2.17. The van der Waals surface area contributed by atoms with Gasteiger partial charge >= 0.3 is 0 Å². The Hall–Kier alpha value is -2.76. The largest absolute Gasteiger partial charge is 0.459 e. The number of amides is 2. The number of carbonyl (C=O) groups excluding carboxylic acids is 2. The van der Waals surface area contributed by atoms with Gasteiger partial charge in [0.2, 0.25) is 5.91 Å². The molecule has 138 valence electrons. The average molecular weight is 355 g/mol. The second kappa shape index (κ2) is 8.08. The maximum absolute atomic E-state index is 12.4. The van der Waals surface area contributed by atoms with Gasteiger partial charge in [-0.2, -0.15) is 0 Å². The van der Waals surface area contributed by atoms with Gasteiger partial charge in [0.05, 0.1) is 12.8 Å². The summed E-state index contributed by atoms with van der Waals surface area (Å²) < 4.78 is 5.15. The van der Waals surface area contributed by atoms with Gasteiger partial charge < -0.3 is 19.5 Å². The summed E-state index contributed by atoms with van der Waals surface area (Å²) in [7, 11) is 0. The third-order valence-electron chi connectivity index (χ3n) is 4.67. The van der Waals surface area contributed by atoms with E-state index in [1.165, 1.54) is 11.8 Å². The molecular formula is C20H25N3O3. The molecule has 1 aromatic heterocycles. The Morgan fingerprint density at radius 2 is 1.69 bits per heavy atom. The molecule has 2 amide bonds. The first kappa shape index (κ1) is 18.0. The van der Waals surface area contributed by atoms with Gasteiger partial charge in [0.25, 0.3) is 5.91 Å². The van der Waals surface area contributed by atoms with E-state index in [9.17, 15) is 9.59 Å². The predicted molar refractivity (Wildman–Crippen MR) is 100 cm³/mol. The first-order chi connectivity index (χ1) is 12.5. The van der Waals surface area contributed by atoms with Crippen LogP contribution in [0.2, 0.25) is 0 Å². The summed E-state index contributed by atoms with van der Waals surface area (Å²) in [6, 6.07) is 11.5. The van der Waals surface area contributed by atoms with Gasteiger partial charge in [0.1, 0.15) is 0 Å². The van der Waals surface area contributed by atoms with Crippen LogP contribution in [0.15, 0.2) is 47.1 Å². The summed E-state index contributed by atoms with van der Waals surface area (Å²) in [4.78, 5) is 28.1. The fourth-order valence-electron chi connectivity index (χ4n) is 2.99. The first-order valence-electron chi connectivity index (χ1n) is 8.99. The molecule has 1 saturated heterocycles. The molecule has 0 spiro atoms. The van der Waals surface area contributed by atoms with Crippen LogP contribution in [0.1, 0.15) is 35.9 Å². The number of hydrogen-bond donors (Lipinski definition) is 1. The third-order valence-corrected chi connectivity index (χ3v) is 4.67. The second-order valence-corrected chi connectivity index (χ2v) is 6.78. The average Bonchev–Trinajstić information content (AvgIpc) is 3.20. The van der Waals surface area contributed by atoms with Crippen LogP contribution in [-0.4, -0.2) is 54.3 Å². The fraction of sp³-hybridized carbons (Fsp3) is 0.400. The van der Waals surface area contributed by atoms with Crippen molar-refractivity contribution in [3.63, 3.8) is 0 Å². The van der Waals surface area contributed by atoms with Crippen LogP contribution in [0.5, 0.6) is 0 Å². The number of anilines is 1. The second-order valence-electron chi connectivity index (χ2n) is 6.78. The molecule has 0 atom stereocenters. The zero-order valence-electron chi connectivity index (χ0n) is 15.3. The molecule has 1 aliphatic rings. The van der Waals surface area contributed by atoms with Crippen LogP contribution in [0.3, 0.4) is 0 Å². The Morgan fingerprint density at radius 3 is 2.27 bits per heavy atom. The third kappa shape index (κ3) is 4.25. The molecule has 1 fully saturated rings. The molecule has 0 unspecified atom stereocenters. The van der Waals surface area contributed by atoms with Crippen LogP contribution in [0.25, 0.3) is 0 Å². The highest BCUT2D eigenvalue weighted by molar-refractivity contribution is 5.91. The van der Waals surface area contributed by atoms with Gasteiger partial charge in [-0.15, -0.1) is 0 Å². The first-order valence-corrected chi connectivity index (χ1v) is 8.99. The van der Waals surface area contributed by atoms with Crippen molar-refractivity contribution in [1.82, 2.24) is 9.80 Å². The van der Waals surface area contributed by atoms with Crippen molar-refractivity contribution >= 4 is 17.5 Å². The molecule has 1 aromatic carbocycles. The lowest BCUT2D eigenvalue weighted by Crippen LogP contribution is -2.51. The molecule has 2 heterocycles. The Morgan fingerprint density at radius 1 is 1.04 bits per heavy atom. The monoisotopic (exact) mass is 355 g/mol. The number of nitrogens with zero attached hydrogens (tertiary/aromatic N) is 2. The van der Waals surface area contributed by atoms with Crippen LogP contribution < -0.4 is 5.32 Å². The Balaban J connectivity index is 1.45. The zero-order chi connectivity index (χ0) is 18.5. The fourth-order valence-corrected chi connectivity index (χ4v) is 2.99. The van der Waals surface area contributed by atoms with Crippen molar-refractivity contribution in [1.29, 1.82) is 0 Å². The standard InChI is InChI=1S/C20H25N3O3/c1-15(2)16-5-7-17(8-6-16)21-14-19(24)22-9-11-23(12-10-22)20(25)18-4-3-13-26-18/h3-8,13,15,21H,9-12,14H2,1-2H3. The lowest BCUT2D eigenvalue weighted by molar-refractivity contribution is -0.130. The predicted octanol–water partition coefficient (Wildman–Crippen LogP) is 2.80. The molecular weight excluding hydrogens is 330 g/mol. The maximum atomic E-state index is 12.4. The maximum Gasteiger partial charge on any atom is 0.289 e. The molecule has 2 aromatic rings. The van der Waals surface area contributed by atoms with Crippen molar-refractivity contribution in [2.45, 2.75) is 19.8 Å². The van der Waals surface area contributed by atoms with E-state index in [-0.39, 0.29) is 18.4 Å². The number of benzene rings is 1. The van der Waals surface area contributed by atoms with Crippen LogP contribution in [0.4, 0.5) is 5.69 Å². The number of furan rings is 1. The number of rotatable bonds is 5. The molecule has 3 rings (SSSR count). The topological polar surface area (TPSA) is 65.8 Å². The van der Waals surface area contributed by atoms with Gasteiger partial charge in [0, 0.05) is 31.9 Å². The summed E-state index contributed by atoms with van der Waals surface area (Å²) >= 11 is 0. The molecule has 1 N–H and O–H groups in total. The highest BCUT2D eigenvalue weighted by Gasteiger charge is 2.25. The van der Waals surface area contributed by atoms with Gasteiger partial charge in [-0.05, 0) is 35.7 Å². The Bertz CT molecular complexity index is 730. The van der Waals surface area contributed by atoms with Gasteiger partial charge in [-0.1, -0.05) is 26.0 Å². The highest BCUT2D eigenvalue weighted by atomic mass is 16.3. The van der Waals surface area contributed by atoms with Crippen molar-refractivity contribution in [2.24, 2.45) is 0 Å². The molecule has 0 saturated carbocycles. The number of carbonyl (C=O) groups is 2. The Labute approximate surface area is 153 Å². The van der Waals surface area contributed by atoms with Crippen LogP contribution in [-0.2, 0) is 4.79 Å². The minimum Gasteiger partial charge on any atom is -0.459 e. The quantitative estimate of drug-likeness (QED) is 0.896. The molecule has 6 heteroatoms. The van der Waals surface area contributed by atoms with Gasteiger partial charge in [-0.3, -0.25) is 9.59 Å². The smallest absolute Gasteiger partial charge is 0.289 e. The van der Waals surface area contributed by atoms with Crippen molar-refractivity contribution in [3.05, 3.63) is 54.0 Å². The van der Waals surface area contributed by atoms with Crippen molar-refractivity contribution in [2.75, 3.05) is 38.0 Å². The SMILES string of the molecule is CC(C)c1ccc(NCC(=O)N2CCN(C(=O)c3ccco3)CC2)cc1. The lowest BCUT2D eigenvalue weighted by atomic mass is 10.0. The van der Waals surface area contributed by atoms with Gasteiger partial charge in [-0.25, -0.2) is 0 Å². The van der Waals surface area contributed by atoms with E-state index in [2.05, 4.69) is 31.3 Å². The Kier molecular flexibility index (Phi) is 5.61. The van der Waals surface area contributed by atoms with Crippen LogP contribution >= 0.6 is 0 Å². The van der Waals surface area contributed by atoms with E-state index < -0.39 is 0 Å². The van der Waals surface area contributed by atoms with E-state index in [4.69, 9.17) is 4.42 Å². The van der Waals surface area contributed by atoms with Gasteiger partial charge in [0.15, 0.2) is 5.76 Å². The number of piperazine rings is 1. The van der Waals surface area contributed by atoms with Crippen molar-refractivity contribution in [3.8, 4) is 0 Å². The molecule has 0 aliphatic carbocycles. The summed E-state index contributed by atoms with van der Waals surface area (Å²) in [5.41, 5.74) is 2.22. The van der Waals surface area contributed by atoms with E-state index in [0.717, 1.165) is 5.69 Å². The molecule has 1 aliphatic heterocycles. The van der Waals surface area contributed by atoms with Crippen LogP contribution in [0, 0.1) is 0 Å². The molecule has 0 radical (unpaired) electrons. The summed E-state index contributed by atoms with van der Waals surface area (Å²) in [6.07, 6.45) is 1.49. The van der Waals surface area contributed by atoms with E-state index in [0.29, 0.717) is 37.9 Å². The molecule has 26 heavy (non-hydrogen) atoms. The van der Waals surface area contributed by atoms with E-state index >= 15 is 0 Å². The molecule has 6 nitrogen and oxygen atoms in total. The lowest BCUT2D eigenvalue weighted by Gasteiger charge is -2.34. The summed E-state index contributed by atoms with van der Waals surface area (Å²) in [5.74, 6) is 0.760. The van der Waals surface area contributed by atoms with E-state index in [1.807, 2.05) is 12.1 Å². The minimum atomic E-state index is -0.120. The molecule has 0 bridgehead atoms. The zero-order valence-corrected chi connectivity index (χ0v) is 15.3. The van der Waals surface area contributed by atoms with Crippen molar-refractivity contribution < 1.29 is 14.0 Å². The summed E-state index contributed by atoms with van der Waals surface area (Å²) in [5, 5.41) is 3.18. The minimum absolute atomic E-state index is 0.0445. The normalized spacial score (nSPS) is 14.6. The number of nitrogens with one attached hydrogen (secondary N) is 1.